The third-order valence-corrected chi connectivity index (χ3v) is 3.99. The van der Waals surface area contributed by atoms with Crippen LogP contribution in [0.15, 0.2) is 24.5 Å². The predicted molar refractivity (Wildman–Crippen MR) is 73.8 cm³/mol. The fourth-order valence-corrected chi connectivity index (χ4v) is 2.81. The number of aromatic nitrogens is 1. The summed E-state index contributed by atoms with van der Waals surface area (Å²) in [7, 11) is 4.01. The highest BCUT2D eigenvalue weighted by Crippen LogP contribution is 2.31. The molecule has 4 heteroatoms. The number of hydrogen-bond acceptors (Lipinski definition) is 4. The summed E-state index contributed by atoms with van der Waals surface area (Å²) in [5.74, 6) is 0. The normalized spacial score (nSPS) is 28.1. The first-order valence-electron chi connectivity index (χ1n) is 6.64. The zero-order valence-electron chi connectivity index (χ0n) is 11.3. The number of pyridine rings is 1. The molecule has 0 aromatic carbocycles. The average Bonchev–Trinajstić information content (AvgIpc) is 2.40. The summed E-state index contributed by atoms with van der Waals surface area (Å²) in [6, 6.07) is 4.55. The average molecular weight is 249 g/mol. The topological polar surface area (TPSA) is 48.4 Å². The molecular weight excluding hydrogens is 226 g/mol. The summed E-state index contributed by atoms with van der Waals surface area (Å²) in [5, 5.41) is 13.4. The van der Waals surface area contributed by atoms with Gasteiger partial charge in [0.15, 0.2) is 0 Å². The molecule has 4 nitrogen and oxygen atoms in total. The minimum atomic E-state index is -0.513. The molecule has 1 aliphatic carbocycles. The molecule has 1 aliphatic rings. The smallest absolute Gasteiger partial charge is 0.0773 e. The van der Waals surface area contributed by atoms with Crippen LogP contribution in [0.5, 0.6) is 0 Å². The standard InChI is InChI=1S/C14H23N3O/c1-15-11-14(18)7-5-12(6-8-14)17(2)13-4-3-9-16-10-13/h3-4,9-10,12,15,18H,5-8,11H2,1-2H3. The van der Waals surface area contributed by atoms with Crippen molar-refractivity contribution < 1.29 is 5.11 Å². The fraction of sp³-hybridized carbons (Fsp3) is 0.643. The van der Waals surface area contributed by atoms with E-state index in [4.69, 9.17) is 0 Å². The number of hydrogen-bond donors (Lipinski definition) is 2. The van der Waals surface area contributed by atoms with Crippen molar-refractivity contribution >= 4 is 5.69 Å². The highest BCUT2D eigenvalue weighted by molar-refractivity contribution is 5.43. The zero-order chi connectivity index (χ0) is 13.0. The Balaban J connectivity index is 1.94. The van der Waals surface area contributed by atoms with Crippen molar-refractivity contribution in [1.82, 2.24) is 10.3 Å². The van der Waals surface area contributed by atoms with Gasteiger partial charge in [0.05, 0.1) is 17.5 Å². The number of rotatable bonds is 4. The van der Waals surface area contributed by atoms with Gasteiger partial charge in [0.2, 0.25) is 0 Å². The van der Waals surface area contributed by atoms with Gasteiger partial charge in [0.1, 0.15) is 0 Å². The molecule has 100 valence electrons. The molecule has 0 aliphatic heterocycles. The summed E-state index contributed by atoms with van der Waals surface area (Å²) in [5.41, 5.74) is 0.641. The molecule has 1 heterocycles. The Morgan fingerprint density at radius 1 is 1.50 bits per heavy atom. The molecule has 1 aromatic heterocycles. The molecule has 0 bridgehead atoms. The van der Waals surface area contributed by atoms with Gasteiger partial charge in [0, 0.05) is 25.8 Å². The molecule has 2 rings (SSSR count). The van der Waals surface area contributed by atoms with Gasteiger partial charge >= 0.3 is 0 Å². The Kier molecular flexibility index (Phi) is 4.19. The van der Waals surface area contributed by atoms with Crippen LogP contribution in [0.2, 0.25) is 0 Å². The Hall–Kier alpha value is -1.13. The highest BCUT2D eigenvalue weighted by Gasteiger charge is 2.33. The van der Waals surface area contributed by atoms with Gasteiger partial charge in [-0.1, -0.05) is 0 Å². The molecule has 0 saturated heterocycles. The van der Waals surface area contributed by atoms with Crippen LogP contribution in [-0.2, 0) is 0 Å². The molecule has 0 radical (unpaired) electrons. The van der Waals surface area contributed by atoms with Crippen LogP contribution in [0.25, 0.3) is 0 Å². The minimum absolute atomic E-state index is 0.506. The maximum Gasteiger partial charge on any atom is 0.0773 e. The van der Waals surface area contributed by atoms with Crippen LogP contribution in [0.1, 0.15) is 25.7 Å². The Labute approximate surface area is 109 Å². The van der Waals surface area contributed by atoms with Crippen LogP contribution >= 0.6 is 0 Å². The van der Waals surface area contributed by atoms with E-state index in [-0.39, 0.29) is 0 Å². The molecule has 2 N–H and O–H groups in total. The summed E-state index contributed by atoms with van der Waals surface area (Å²) < 4.78 is 0. The summed E-state index contributed by atoms with van der Waals surface area (Å²) in [6.45, 7) is 0.691. The van der Waals surface area contributed by atoms with Gasteiger partial charge in [-0.2, -0.15) is 0 Å². The first-order chi connectivity index (χ1) is 8.64. The fourth-order valence-electron chi connectivity index (χ4n) is 2.81. The Morgan fingerprint density at radius 3 is 2.78 bits per heavy atom. The van der Waals surface area contributed by atoms with Crippen molar-refractivity contribution in [3.8, 4) is 0 Å². The van der Waals surface area contributed by atoms with E-state index in [0.717, 1.165) is 31.4 Å². The summed E-state index contributed by atoms with van der Waals surface area (Å²) in [4.78, 5) is 6.44. The lowest BCUT2D eigenvalue weighted by Crippen LogP contribution is -2.47. The lowest BCUT2D eigenvalue weighted by atomic mass is 9.81. The molecule has 18 heavy (non-hydrogen) atoms. The Bertz CT molecular complexity index is 361. The quantitative estimate of drug-likeness (QED) is 0.847. The van der Waals surface area contributed by atoms with Crippen LogP contribution in [0.4, 0.5) is 5.69 Å². The van der Waals surface area contributed by atoms with Crippen LogP contribution in [-0.4, -0.2) is 42.4 Å². The first-order valence-corrected chi connectivity index (χ1v) is 6.64. The molecule has 0 spiro atoms. The van der Waals surface area contributed by atoms with E-state index in [1.807, 2.05) is 19.3 Å². The monoisotopic (exact) mass is 249 g/mol. The van der Waals surface area contributed by atoms with Crippen molar-refractivity contribution in [2.75, 3.05) is 25.5 Å². The van der Waals surface area contributed by atoms with Crippen LogP contribution in [0.3, 0.4) is 0 Å². The van der Waals surface area contributed by atoms with E-state index < -0.39 is 5.60 Å². The third kappa shape index (κ3) is 3.00. The number of likely N-dealkylation sites (N-methyl/N-ethyl adjacent to an activating group) is 1. The van der Waals surface area contributed by atoms with Crippen molar-refractivity contribution in [3.63, 3.8) is 0 Å². The van der Waals surface area contributed by atoms with E-state index in [1.54, 1.807) is 6.20 Å². The number of nitrogens with zero attached hydrogens (tertiary/aromatic N) is 2. The number of nitrogens with one attached hydrogen (secondary N) is 1. The lowest BCUT2D eigenvalue weighted by Gasteiger charge is -2.40. The molecule has 0 amide bonds. The summed E-state index contributed by atoms with van der Waals surface area (Å²) in [6.07, 6.45) is 7.48. The van der Waals surface area contributed by atoms with Gasteiger partial charge in [0.25, 0.3) is 0 Å². The second-order valence-corrected chi connectivity index (χ2v) is 5.31. The van der Waals surface area contributed by atoms with E-state index in [1.165, 1.54) is 0 Å². The van der Waals surface area contributed by atoms with Crippen molar-refractivity contribution in [1.29, 1.82) is 0 Å². The van der Waals surface area contributed by atoms with E-state index in [2.05, 4.69) is 28.3 Å². The molecule has 0 atom stereocenters. The molecule has 1 aromatic rings. The van der Waals surface area contributed by atoms with Crippen LogP contribution in [0, 0.1) is 0 Å². The minimum Gasteiger partial charge on any atom is -0.389 e. The van der Waals surface area contributed by atoms with E-state index in [9.17, 15) is 5.11 Å². The second-order valence-electron chi connectivity index (χ2n) is 5.31. The molecular formula is C14H23N3O. The molecule has 1 saturated carbocycles. The summed E-state index contributed by atoms with van der Waals surface area (Å²) >= 11 is 0. The second kappa shape index (κ2) is 5.67. The van der Waals surface area contributed by atoms with Gasteiger partial charge in [-0.05, 0) is 44.9 Å². The first kappa shape index (κ1) is 13.3. The predicted octanol–water partition coefficient (Wildman–Crippen LogP) is 1.41. The SMILES string of the molecule is CNCC1(O)CCC(N(C)c2cccnc2)CC1. The molecule has 0 unspecified atom stereocenters. The van der Waals surface area contributed by atoms with Crippen molar-refractivity contribution in [2.45, 2.75) is 37.3 Å². The maximum absolute atomic E-state index is 10.3. The van der Waals surface area contributed by atoms with E-state index in [0.29, 0.717) is 12.6 Å². The zero-order valence-corrected chi connectivity index (χ0v) is 11.3. The highest BCUT2D eigenvalue weighted by atomic mass is 16.3. The van der Waals surface area contributed by atoms with Gasteiger partial charge in [-0.3, -0.25) is 4.98 Å². The van der Waals surface area contributed by atoms with Gasteiger partial charge < -0.3 is 15.3 Å². The van der Waals surface area contributed by atoms with Crippen LogP contribution < -0.4 is 10.2 Å². The molecule has 1 fully saturated rings. The van der Waals surface area contributed by atoms with Gasteiger partial charge in [-0.25, -0.2) is 0 Å². The van der Waals surface area contributed by atoms with Crippen molar-refractivity contribution in [3.05, 3.63) is 24.5 Å². The van der Waals surface area contributed by atoms with E-state index >= 15 is 0 Å². The Morgan fingerprint density at radius 2 is 2.22 bits per heavy atom. The van der Waals surface area contributed by atoms with Crippen molar-refractivity contribution in [2.24, 2.45) is 0 Å². The maximum atomic E-state index is 10.3. The number of aliphatic hydroxyl groups is 1. The number of anilines is 1. The third-order valence-electron chi connectivity index (χ3n) is 3.99. The largest absolute Gasteiger partial charge is 0.389 e. The lowest BCUT2D eigenvalue weighted by molar-refractivity contribution is 0.00199. The van der Waals surface area contributed by atoms with Gasteiger partial charge in [-0.15, -0.1) is 0 Å².